The van der Waals surface area contributed by atoms with Crippen molar-refractivity contribution in [2.24, 2.45) is 16.8 Å². The van der Waals surface area contributed by atoms with E-state index in [4.69, 9.17) is 0 Å². The first-order chi connectivity index (χ1) is 11.0. The number of rotatable bonds is 5. The highest BCUT2D eigenvalue weighted by atomic mass is 127. The number of halogens is 3. The van der Waals surface area contributed by atoms with Crippen molar-refractivity contribution >= 4 is 29.9 Å². The Morgan fingerprint density at radius 2 is 2.00 bits per heavy atom. The SMILES string of the molecule is CN=C(NCc1nccn1C(F)F)NC1CCC(C(C)C)CC1.I. The van der Waals surface area contributed by atoms with E-state index in [0.29, 0.717) is 17.8 Å². The number of aliphatic imine (C=N–C) groups is 1. The van der Waals surface area contributed by atoms with Crippen LogP contribution in [0.2, 0.25) is 0 Å². The van der Waals surface area contributed by atoms with Gasteiger partial charge in [-0.15, -0.1) is 24.0 Å². The van der Waals surface area contributed by atoms with Crippen LogP contribution >= 0.6 is 24.0 Å². The van der Waals surface area contributed by atoms with E-state index in [9.17, 15) is 8.78 Å². The summed E-state index contributed by atoms with van der Waals surface area (Å²) in [6, 6.07) is 0.394. The third-order valence-corrected chi connectivity index (χ3v) is 4.65. The lowest BCUT2D eigenvalue weighted by Gasteiger charge is -2.32. The molecule has 0 amide bonds. The molecule has 0 spiro atoms. The van der Waals surface area contributed by atoms with Gasteiger partial charge in [-0.1, -0.05) is 13.8 Å². The average molecular weight is 455 g/mol. The Morgan fingerprint density at radius 3 is 2.54 bits per heavy atom. The largest absolute Gasteiger partial charge is 0.354 e. The zero-order valence-electron chi connectivity index (χ0n) is 14.5. The third kappa shape index (κ3) is 5.86. The van der Waals surface area contributed by atoms with E-state index in [1.54, 1.807) is 7.05 Å². The molecule has 1 heterocycles. The van der Waals surface area contributed by atoms with Gasteiger partial charge >= 0.3 is 6.55 Å². The van der Waals surface area contributed by atoms with E-state index < -0.39 is 6.55 Å². The quantitative estimate of drug-likeness (QED) is 0.404. The van der Waals surface area contributed by atoms with Crippen LogP contribution in [-0.2, 0) is 6.54 Å². The van der Waals surface area contributed by atoms with Crippen molar-refractivity contribution in [2.45, 2.75) is 58.7 Å². The van der Waals surface area contributed by atoms with Crippen molar-refractivity contribution in [2.75, 3.05) is 7.05 Å². The van der Waals surface area contributed by atoms with E-state index in [1.807, 2.05) is 0 Å². The van der Waals surface area contributed by atoms with Crippen molar-refractivity contribution < 1.29 is 8.78 Å². The van der Waals surface area contributed by atoms with E-state index in [0.717, 1.165) is 29.2 Å². The second-order valence-electron chi connectivity index (χ2n) is 6.45. The van der Waals surface area contributed by atoms with Crippen LogP contribution in [0.5, 0.6) is 0 Å². The molecule has 0 saturated heterocycles. The molecule has 8 heteroatoms. The summed E-state index contributed by atoms with van der Waals surface area (Å²) in [7, 11) is 1.69. The van der Waals surface area contributed by atoms with E-state index in [1.165, 1.54) is 25.2 Å². The van der Waals surface area contributed by atoms with E-state index in [2.05, 4.69) is 34.5 Å². The molecule has 5 nitrogen and oxygen atoms in total. The highest BCUT2D eigenvalue weighted by molar-refractivity contribution is 14.0. The third-order valence-electron chi connectivity index (χ3n) is 4.65. The molecule has 138 valence electrons. The Morgan fingerprint density at radius 1 is 1.33 bits per heavy atom. The van der Waals surface area contributed by atoms with Gasteiger partial charge in [0.2, 0.25) is 0 Å². The van der Waals surface area contributed by atoms with Gasteiger partial charge in [0.25, 0.3) is 0 Å². The first-order valence-electron chi connectivity index (χ1n) is 8.28. The fraction of sp³-hybridized carbons (Fsp3) is 0.750. The fourth-order valence-electron chi connectivity index (χ4n) is 3.14. The highest BCUT2D eigenvalue weighted by Crippen LogP contribution is 2.29. The van der Waals surface area contributed by atoms with E-state index >= 15 is 0 Å². The number of hydrogen-bond donors (Lipinski definition) is 2. The number of hydrogen-bond acceptors (Lipinski definition) is 2. The van der Waals surface area contributed by atoms with Gasteiger partial charge < -0.3 is 10.6 Å². The van der Waals surface area contributed by atoms with E-state index in [-0.39, 0.29) is 30.5 Å². The molecule has 0 radical (unpaired) electrons. The normalized spacial score (nSPS) is 21.7. The summed E-state index contributed by atoms with van der Waals surface area (Å²) in [5.74, 6) is 2.48. The van der Waals surface area contributed by atoms with Crippen LogP contribution < -0.4 is 10.6 Å². The molecule has 0 aliphatic heterocycles. The molecule has 2 N–H and O–H groups in total. The van der Waals surface area contributed by atoms with Crippen LogP contribution in [0.25, 0.3) is 0 Å². The first kappa shape index (κ1) is 21.1. The van der Waals surface area contributed by atoms with Gasteiger partial charge in [0, 0.05) is 25.5 Å². The molecule has 1 aromatic rings. The minimum Gasteiger partial charge on any atom is -0.354 e. The zero-order chi connectivity index (χ0) is 16.8. The molecule has 1 saturated carbocycles. The van der Waals surface area contributed by atoms with Crippen molar-refractivity contribution in [1.82, 2.24) is 20.2 Å². The molecule has 1 aliphatic rings. The first-order valence-corrected chi connectivity index (χ1v) is 8.28. The summed E-state index contributed by atoms with van der Waals surface area (Å²) in [6.07, 6.45) is 7.35. The Labute approximate surface area is 159 Å². The maximum atomic E-state index is 12.8. The van der Waals surface area contributed by atoms with Crippen molar-refractivity contribution in [3.05, 3.63) is 18.2 Å². The predicted molar refractivity (Wildman–Crippen MR) is 103 cm³/mol. The number of alkyl halides is 2. The summed E-state index contributed by atoms with van der Waals surface area (Å²) in [5.41, 5.74) is 0. The second kappa shape index (κ2) is 10.1. The average Bonchev–Trinajstić information content (AvgIpc) is 3.00. The predicted octanol–water partition coefficient (Wildman–Crippen LogP) is 3.78. The summed E-state index contributed by atoms with van der Waals surface area (Å²) < 4.78 is 26.4. The van der Waals surface area contributed by atoms with Gasteiger partial charge in [0.1, 0.15) is 5.82 Å². The Balaban J connectivity index is 0.00000288. The van der Waals surface area contributed by atoms with Crippen LogP contribution in [-0.4, -0.2) is 28.6 Å². The number of nitrogens with one attached hydrogen (secondary N) is 2. The minimum atomic E-state index is -2.57. The fourth-order valence-corrected chi connectivity index (χ4v) is 3.14. The molecule has 0 atom stereocenters. The van der Waals surface area contributed by atoms with Gasteiger partial charge in [-0.25, -0.2) is 4.98 Å². The monoisotopic (exact) mass is 455 g/mol. The number of guanidine groups is 1. The summed E-state index contributed by atoms with van der Waals surface area (Å²) in [6.45, 7) is 2.21. The van der Waals surface area contributed by atoms with Crippen LogP contribution in [0, 0.1) is 11.8 Å². The standard InChI is InChI=1S/C16H27F2N5.HI/c1-11(2)12-4-6-13(7-5-12)22-16(19-3)21-10-14-20-8-9-23(14)15(17)18;/h8-9,11-13,15H,4-7,10H2,1-3H3,(H2,19,21,22);1H. The maximum Gasteiger partial charge on any atom is 0.319 e. The molecular formula is C16H28F2IN5. The number of nitrogens with zero attached hydrogens (tertiary/aromatic N) is 3. The van der Waals surface area contributed by atoms with Crippen LogP contribution in [0.15, 0.2) is 17.4 Å². The number of imidazole rings is 1. The van der Waals surface area contributed by atoms with Gasteiger partial charge in [-0.05, 0) is 37.5 Å². The summed E-state index contributed by atoms with van der Waals surface area (Å²) in [4.78, 5) is 8.14. The lowest BCUT2D eigenvalue weighted by atomic mass is 9.80. The Bertz CT molecular complexity index is 510. The second-order valence-corrected chi connectivity index (χ2v) is 6.45. The molecular weight excluding hydrogens is 427 g/mol. The molecule has 1 aliphatic carbocycles. The van der Waals surface area contributed by atoms with Crippen molar-refractivity contribution in [1.29, 1.82) is 0 Å². The highest BCUT2D eigenvalue weighted by Gasteiger charge is 2.23. The maximum absolute atomic E-state index is 12.8. The minimum absolute atomic E-state index is 0. The summed E-state index contributed by atoms with van der Waals surface area (Å²) >= 11 is 0. The van der Waals surface area contributed by atoms with Gasteiger partial charge in [0.05, 0.1) is 6.54 Å². The molecule has 1 fully saturated rings. The number of aromatic nitrogens is 2. The van der Waals surface area contributed by atoms with Crippen molar-refractivity contribution in [3.63, 3.8) is 0 Å². The van der Waals surface area contributed by atoms with Gasteiger partial charge in [-0.3, -0.25) is 9.56 Å². The van der Waals surface area contributed by atoms with Crippen molar-refractivity contribution in [3.8, 4) is 0 Å². The molecule has 24 heavy (non-hydrogen) atoms. The molecule has 0 aromatic carbocycles. The van der Waals surface area contributed by atoms with Crippen LogP contribution in [0.1, 0.15) is 51.9 Å². The Kier molecular flexibility index (Phi) is 8.93. The zero-order valence-corrected chi connectivity index (χ0v) is 16.8. The topological polar surface area (TPSA) is 54.2 Å². The molecule has 2 rings (SSSR count). The van der Waals surface area contributed by atoms with Gasteiger partial charge in [-0.2, -0.15) is 8.78 Å². The Hall–Kier alpha value is -0.930. The lowest BCUT2D eigenvalue weighted by Crippen LogP contribution is -2.45. The smallest absolute Gasteiger partial charge is 0.319 e. The molecule has 0 unspecified atom stereocenters. The molecule has 1 aromatic heterocycles. The van der Waals surface area contributed by atoms with Crippen LogP contribution in [0.4, 0.5) is 8.78 Å². The van der Waals surface area contributed by atoms with Crippen LogP contribution in [0.3, 0.4) is 0 Å². The van der Waals surface area contributed by atoms with Gasteiger partial charge in [0.15, 0.2) is 5.96 Å². The lowest BCUT2D eigenvalue weighted by molar-refractivity contribution is 0.0668. The molecule has 0 bridgehead atoms. The summed E-state index contributed by atoms with van der Waals surface area (Å²) in [5, 5.41) is 6.46.